The average Bonchev–Trinajstić information content (AvgIpc) is 2.82. The molecule has 0 spiro atoms. The van der Waals surface area contributed by atoms with E-state index in [1.54, 1.807) is 29.0 Å². The van der Waals surface area contributed by atoms with Gasteiger partial charge in [-0.3, -0.25) is 9.36 Å². The molecule has 0 radical (unpaired) electrons. The zero-order valence-electron chi connectivity index (χ0n) is 9.81. The van der Waals surface area contributed by atoms with Crippen LogP contribution in [0.1, 0.15) is 10.4 Å². The van der Waals surface area contributed by atoms with Crippen LogP contribution in [0.15, 0.2) is 54.7 Å². The Morgan fingerprint density at radius 3 is 2.32 bits per heavy atom. The fraction of sp³-hybridized carbons (Fsp3) is 0. The standard InChI is InChI=1S/C15H9Cl2NO/c16-11-5-3-6-12(17)14(11)15(19)18-9-8-10-4-1-2-7-13(10)18/h1-9H. The topological polar surface area (TPSA) is 22.0 Å². The number of aromatic nitrogens is 1. The molecule has 2 nitrogen and oxygen atoms in total. The Morgan fingerprint density at radius 1 is 0.895 bits per heavy atom. The molecular formula is C15H9Cl2NO. The molecule has 19 heavy (non-hydrogen) atoms. The van der Waals surface area contributed by atoms with Crippen LogP contribution in [0.3, 0.4) is 0 Å². The van der Waals surface area contributed by atoms with Gasteiger partial charge in [-0.25, -0.2) is 0 Å². The minimum absolute atomic E-state index is 0.225. The van der Waals surface area contributed by atoms with Gasteiger partial charge in [0.2, 0.25) is 0 Å². The number of nitrogens with zero attached hydrogens (tertiary/aromatic N) is 1. The minimum atomic E-state index is -0.225. The fourth-order valence-electron chi connectivity index (χ4n) is 2.08. The van der Waals surface area contributed by atoms with Gasteiger partial charge in [0, 0.05) is 11.6 Å². The molecule has 0 atom stereocenters. The summed E-state index contributed by atoms with van der Waals surface area (Å²) in [6, 6.07) is 14.6. The van der Waals surface area contributed by atoms with Crippen LogP contribution in [0, 0.1) is 0 Å². The zero-order chi connectivity index (χ0) is 13.4. The molecule has 94 valence electrons. The number of rotatable bonds is 1. The van der Waals surface area contributed by atoms with Crippen molar-refractivity contribution < 1.29 is 4.79 Å². The molecule has 0 bridgehead atoms. The van der Waals surface area contributed by atoms with Crippen molar-refractivity contribution in [2.75, 3.05) is 0 Å². The van der Waals surface area contributed by atoms with Crippen molar-refractivity contribution in [2.24, 2.45) is 0 Å². The maximum atomic E-state index is 12.6. The quantitative estimate of drug-likeness (QED) is 0.640. The molecule has 0 fully saturated rings. The van der Waals surface area contributed by atoms with Crippen molar-refractivity contribution in [2.45, 2.75) is 0 Å². The van der Waals surface area contributed by atoms with Crippen LogP contribution in [-0.2, 0) is 0 Å². The Morgan fingerprint density at radius 2 is 1.58 bits per heavy atom. The SMILES string of the molecule is O=C(c1c(Cl)cccc1Cl)n1ccc2ccccc21. The fourth-order valence-corrected chi connectivity index (χ4v) is 2.64. The van der Waals surface area contributed by atoms with Crippen LogP contribution in [0.4, 0.5) is 0 Å². The van der Waals surface area contributed by atoms with E-state index in [0.29, 0.717) is 15.6 Å². The molecule has 3 rings (SSSR count). The highest BCUT2D eigenvalue weighted by atomic mass is 35.5. The van der Waals surface area contributed by atoms with Crippen LogP contribution >= 0.6 is 23.2 Å². The predicted molar refractivity (Wildman–Crippen MR) is 78.1 cm³/mol. The van der Waals surface area contributed by atoms with Crippen molar-refractivity contribution in [3.8, 4) is 0 Å². The Kier molecular flexibility index (Phi) is 3.05. The van der Waals surface area contributed by atoms with Crippen LogP contribution < -0.4 is 0 Å². The zero-order valence-corrected chi connectivity index (χ0v) is 11.3. The summed E-state index contributed by atoms with van der Waals surface area (Å²) in [5.41, 5.74) is 1.16. The van der Waals surface area contributed by atoms with Crippen LogP contribution in [0.25, 0.3) is 10.9 Å². The molecule has 0 aliphatic carbocycles. The summed E-state index contributed by atoms with van der Waals surface area (Å²) >= 11 is 12.1. The molecule has 1 heterocycles. The Bertz CT molecular complexity index is 756. The molecule has 0 aliphatic rings. The molecule has 0 amide bonds. The molecule has 1 aromatic heterocycles. The average molecular weight is 290 g/mol. The van der Waals surface area contributed by atoms with Gasteiger partial charge in [0.25, 0.3) is 5.91 Å². The van der Waals surface area contributed by atoms with Crippen molar-refractivity contribution in [1.82, 2.24) is 4.57 Å². The van der Waals surface area contributed by atoms with E-state index in [4.69, 9.17) is 23.2 Å². The summed E-state index contributed by atoms with van der Waals surface area (Å²) in [5.74, 6) is -0.225. The van der Waals surface area contributed by atoms with Crippen molar-refractivity contribution >= 4 is 40.0 Å². The molecule has 2 aromatic carbocycles. The molecule has 0 unspecified atom stereocenters. The Balaban J connectivity index is 2.20. The number of fused-ring (bicyclic) bond motifs is 1. The lowest BCUT2D eigenvalue weighted by Gasteiger charge is -2.07. The summed E-state index contributed by atoms with van der Waals surface area (Å²) in [6.07, 6.45) is 1.73. The van der Waals surface area contributed by atoms with E-state index in [0.717, 1.165) is 10.9 Å². The number of hydrogen-bond acceptors (Lipinski definition) is 1. The third-order valence-electron chi connectivity index (χ3n) is 2.99. The smallest absolute Gasteiger partial charge is 0.265 e. The molecule has 0 saturated carbocycles. The highest BCUT2D eigenvalue weighted by molar-refractivity contribution is 6.39. The van der Waals surface area contributed by atoms with E-state index < -0.39 is 0 Å². The van der Waals surface area contributed by atoms with Crippen LogP contribution in [0.5, 0.6) is 0 Å². The predicted octanol–water partition coefficient (Wildman–Crippen LogP) is 4.64. The number of halogens is 2. The van der Waals surface area contributed by atoms with E-state index in [1.165, 1.54) is 0 Å². The Hall–Kier alpha value is -1.77. The van der Waals surface area contributed by atoms with Gasteiger partial charge in [-0.2, -0.15) is 0 Å². The highest BCUT2D eigenvalue weighted by Gasteiger charge is 2.17. The normalized spacial score (nSPS) is 10.8. The molecule has 0 N–H and O–H groups in total. The van der Waals surface area contributed by atoms with Crippen molar-refractivity contribution in [3.63, 3.8) is 0 Å². The largest absolute Gasteiger partial charge is 0.283 e. The third-order valence-corrected chi connectivity index (χ3v) is 3.62. The van der Waals surface area contributed by atoms with E-state index in [2.05, 4.69) is 0 Å². The second kappa shape index (κ2) is 4.72. The summed E-state index contributed by atoms with van der Waals surface area (Å²) in [6.45, 7) is 0. The highest BCUT2D eigenvalue weighted by Crippen LogP contribution is 2.26. The van der Waals surface area contributed by atoms with Gasteiger partial charge < -0.3 is 0 Å². The van der Waals surface area contributed by atoms with Crippen LogP contribution in [0.2, 0.25) is 10.0 Å². The molecule has 0 aliphatic heterocycles. The number of carbonyl (C=O) groups is 1. The molecule has 0 saturated heterocycles. The lowest BCUT2D eigenvalue weighted by atomic mass is 10.2. The molecular weight excluding hydrogens is 281 g/mol. The van der Waals surface area contributed by atoms with Gasteiger partial charge >= 0.3 is 0 Å². The molecule has 4 heteroatoms. The first-order valence-electron chi connectivity index (χ1n) is 5.73. The van der Waals surface area contributed by atoms with E-state index in [1.807, 2.05) is 30.3 Å². The first-order chi connectivity index (χ1) is 9.18. The number of hydrogen-bond donors (Lipinski definition) is 0. The van der Waals surface area contributed by atoms with E-state index in [-0.39, 0.29) is 5.91 Å². The first-order valence-corrected chi connectivity index (χ1v) is 6.49. The number of carbonyl (C=O) groups excluding carboxylic acids is 1. The summed E-state index contributed by atoms with van der Waals surface area (Å²) < 4.78 is 1.56. The van der Waals surface area contributed by atoms with Gasteiger partial charge in [-0.05, 0) is 24.3 Å². The number of para-hydroxylation sites is 1. The maximum absolute atomic E-state index is 12.6. The van der Waals surface area contributed by atoms with Gasteiger partial charge in [0.15, 0.2) is 0 Å². The van der Waals surface area contributed by atoms with Gasteiger partial charge in [0.05, 0.1) is 21.1 Å². The lowest BCUT2D eigenvalue weighted by Crippen LogP contribution is -2.11. The Labute approximate surface area is 120 Å². The summed E-state index contributed by atoms with van der Waals surface area (Å²) in [4.78, 5) is 12.6. The molecule has 3 aromatic rings. The third kappa shape index (κ3) is 2.03. The van der Waals surface area contributed by atoms with Crippen LogP contribution in [-0.4, -0.2) is 10.5 Å². The van der Waals surface area contributed by atoms with E-state index in [9.17, 15) is 4.79 Å². The second-order valence-corrected chi connectivity index (χ2v) is 4.96. The minimum Gasteiger partial charge on any atom is -0.283 e. The van der Waals surface area contributed by atoms with Crippen molar-refractivity contribution in [1.29, 1.82) is 0 Å². The second-order valence-electron chi connectivity index (χ2n) is 4.15. The van der Waals surface area contributed by atoms with Gasteiger partial charge in [-0.1, -0.05) is 47.5 Å². The summed E-state index contributed by atoms with van der Waals surface area (Å²) in [5, 5.41) is 1.71. The summed E-state index contributed by atoms with van der Waals surface area (Å²) in [7, 11) is 0. The van der Waals surface area contributed by atoms with Crippen molar-refractivity contribution in [3.05, 3.63) is 70.3 Å². The van der Waals surface area contributed by atoms with E-state index >= 15 is 0 Å². The van der Waals surface area contributed by atoms with Gasteiger partial charge in [-0.15, -0.1) is 0 Å². The number of benzene rings is 2. The monoisotopic (exact) mass is 289 g/mol. The van der Waals surface area contributed by atoms with Gasteiger partial charge in [0.1, 0.15) is 0 Å². The first kappa shape index (κ1) is 12.3. The lowest BCUT2D eigenvalue weighted by molar-refractivity contribution is 0.0965. The maximum Gasteiger partial charge on any atom is 0.265 e.